The van der Waals surface area contributed by atoms with Gasteiger partial charge in [0.1, 0.15) is 6.54 Å². The molecule has 2 N–H and O–H groups in total. The van der Waals surface area contributed by atoms with E-state index >= 15 is 0 Å². The van der Waals surface area contributed by atoms with Gasteiger partial charge in [-0.3, -0.25) is 9.69 Å². The SMILES string of the molecule is CC(CNC(=O)Cn1cc(C(=O)O)nn1)N(C)C1CC1. The van der Waals surface area contributed by atoms with Crippen LogP contribution in [0.15, 0.2) is 6.20 Å². The molecule has 0 spiro atoms. The molecule has 1 saturated carbocycles. The Hall–Kier alpha value is -1.96. The largest absolute Gasteiger partial charge is 0.476 e. The third-order valence-electron chi connectivity index (χ3n) is 3.48. The Kier molecular flexibility index (Phi) is 4.33. The van der Waals surface area contributed by atoms with Gasteiger partial charge >= 0.3 is 5.97 Å². The predicted molar refractivity (Wildman–Crippen MR) is 70.2 cm³/mol. The molecule has 0 bridgehead atoms. The number of amides is 1. The summed E-state index contributed by atoms with van der Waals surface area (Å²) in [7, 11) is 2.06. The van der Waals surface area contributed by atoms with Crippen LogP contribution in [0.25, 0.3) is 0 Å². The van der Waals surface area contributed by atoms with Crippen LogP contribution in [0.2, 0.25) is 0 Å². The maximum absolute atomic E-state index is 11.7. The zero-order valence-corrected chi connectivity index (χ0v) is 11.6. The highest BCUT2D eigenvalue weighted by Crippen LogP contribution is 2.26. The summed E-state index contributed by atoms with van der Waals surface area (Å²) in [6.07, 6.45) is 3.69. The van der Waals surface area contributed by atoms with Gasteiger partial charge in [0.25, 0.3) is 0 Å². The van der Waals surface area contributed by atoms with Crippen LogP contribution in [0, 0.1) is 0 Å². The van der Waals surface area contributed by atoms with E-state index in [2.05, 4.69) is 34.5 Å². The summed E-state index contributed by atoms with van der Waals surface area (Å²) in [5.41, 5.74) is -0.167. The Morgan fingerprint density at radius 2 is 2.30 bits per heavy atom. The molecule has 2 rings (SSSR count). The topological polar surface area (TPSA) is 100 Å². The van der Waals surface area contributed by atoms with Crippen LogP contribution in [0.3, 0.4) is 0 Å². The maximum atomic E-state index is 11.7. The van der Waals surface area contributed by atoms with Crippen molar-refractivity contribution in [3.63, 3.8) is 0 Å². The van der Waals surface area contributed by atoms with Gasteiger partial charge in [0, 0.05) is 18.6 Å². The number of carbonyl (C=O) groups excluding carboxylic acids is 1. The molecule has 1 unspecified atom stereocenters. The van der Waals surface area contributed by atoms with Gasteiger partial charge in [0.05, 0.1) is 6.20 Å². The van der Waals surface area contributed by atoms with Crippen molar-refractivity contribution in [1.29, 1.82) is 0 Å². The fraction of sp³-hybridized carbons (Fsp3) is 0.667. The van der Waals surface area contributed by atoms with Gasteiger partial charge < -0.3 is 10.4 Å². The van der Waals surface area contributed by atoms with Crippen LogP contribution >= 0.6 is 0 Å². The highest BCUT2D eigenvalue weighted by Gasteiger charge is 2.29. The first kappa shape index (κ1) is 14.4. The highest BCUT2D eigenvalue weighted by molar-refractivity contribution is 5.84. The third-order valence-corrected chi connectivity index (χ3v) is 3.48. The summed E-state index contributed by atoms with van der Waals surface area (Å²) in [5.74, 6) is -1.36. The summed E-state index contributed by atoms with van der Waals surface area (Å²) in [6, 6.07) is 0.923. The van der Waals surface area contributed by atoms with E-state index in [1.807, 2.05) is 0 Å². The second-order valence-corrected chi connectivity index (χ2v) is 5.16. The lowest BCUT2D eigenvalue weighted by Crippen LogP contribution is -2.42. The number of likely N-dealkylation sites (N-methyl/N-ethyl adjacent to an activating group) is 1. The van der Waals surface area contributed by atoms with Crippen LogP contribution in [0.4, 0.5) is 0 Å². The minimum atomic E-state index is -1.16. The minimum Gasteiger partial charge on any atom is -0.476 e. The molecule has 110 valence electrons. The first-order chi connectivity index (χ1) is 9.47. The molecule has 1 fully saturated rings. The number of aromatic carboxylic acids is 1. The third kappa shape index (κ3) is 3.77. The molecule has 1 aliphatic rings. The van der Waals surface area contributed by atoms with Crippen LogP contribution in [-0.4, -0.2) is 62.6 Å². The van der Waals surface area contributed by atoms with Crippen molar-refractivity contribution in [1.82, 2.24) is 25.2 Å². The Balaban J connectivity index is 1.75. The van der Waals surface area contributed by atoms with Crippen LogP contribution in [0.5, 0.6) is 0 Å². The molecule has 1 aromatic rings. The molecule has 0 radical (unpaired) electrons. The van der Waals surface area contributed by atoms with Crippen LogP contribution in [0.1, 0.15) is 30.3 Å². The van der Waals surface area contributed by atoms with E-state index in [-0.39, 0.29) is 24.2 Å². The van der Waals surface area contributed by atoms with Crippen molar-refractivity contribution in [2.75, 3.05) is 13.6 Å². The second kappa shape index (κ2) is 6.00. The molecule has 0 aliphatic heterocycles. The Labute approximate surface area is 116 Å². The second-order valence-electron chi connectivity index (χ2n) is 5.16. The quantitative estimate of drug-likeness (QED) is 0.704. The van der Waals surface area contributed by atoms with E-state index in [1.54, 1.807) is 0 Å². The maximum Gasteiger partial charge on any atom is 0.358 e. The fourth-order valence-electron chi connectivity index (χ4n) is 1.92. The highest BCUT2D eigenvalue weighted by atomic mass is 16.4. The number of carboxylic acids is 1. The number of nitrogens with one attached hydrogen (secondary N) is 1. The van der Waals surface area contributed by atoms with Crippen molar-refractivity contribution in [3.05, 3.63) is 11.9 Å². The number of rotatable bonds is 7. The Bertz CT molecular complexity index is 497. The van der Waals surface area contributed by atoms with E-state index in [4.69, 9.17) is 5.11 Å². The lowest BCUT2D eigenvalue weighted by atomic mass is 10.3. The number of hydrogen-bond donors (Lipinski definition) is 2. The van der Waals surface area contributed by atoms with E-state index < -0.39 is 5.97 Å². The number of hydrogen-bond acceptors (Lipinski definition) is 5. The zero-order chi connectivity index (χ0) is 14.7. The standard InChI is InChI=1S/C12H19N5O3/c1-8(16(2)9-3-4-9)5-13-11(18)7-17-6-10(12(19)20)14-15-17/h6,8-9H,3-5,7H2,1-2H3,(H,13,18)(H,19,20). The molecule has 1 aliphatic carbocycles. The van der Waals surface area contributed by atoms with Crippen LogP contribution < -0.4 is 5.32 Å². The molecule has 0 saturated heterocycles. The molecule has 0 aromatic carbocycles. The lowest BCUT2D eigenvalue weighted by Gasteiger charge is -2.24. The minimum absolute atomic E-state index is 0.0276. The van der Waals surface area contributed by atoms with Gasteiger partial charge in [-0.1, -0.05) is 5.21 Å². The summed E-state index contributed by atoms with van der Waals surface area (Å²) >= 11 is 0. The van der Waals surface area contributed by atoms with Gasteiger partial charge in [0.2, 0.25) is 5.91 Å². The zero-order valence-electron chi connectivity index (χ0n) is 11.6. The van der Waals surface area contributed by atoms with E-state index in [1.165, 1.54) is 23.7 Å². The molecular weight excluding hydrogens is 262 g/mol. The van der Waals surface area contributed by atoms with Gasteiger partial charge in [-0.05, 0) is 26.8 Å². The average molecular weight is 281 g/mol. The van der Waals surface area contributed by atoms with Gasteiger partial charge in [-0.2, -0.15) is 0 Å². The lowest BCUT2D eigenvalue weighted by molar-refractivity contribution is -0.122. The van der Waals surface area contributed by atoms with Crippen molar-refractivity contribution in [2.45, 2.75) is 38.4 Å². The van der Waals surface area contributed by atoms with Crippen molar-refractivity contribution >= 4 is 11.9 Å². The molecule has 1 amide bonds. The van der Waals surface area contributed by atoms with Crippen molar-refractivity contribution in [2.24, 2.45) is 0 Å². The van der Waals surface area contributed by atoms with E-state index in [9.17, 15) is 9.59 Å². The molecule has 20 heavy (non-hydrogen) atoms. The van der Waals surface area contributed by atoms with Gasteiger partial charge in [0.15, 0.2) is 5.69 Å². The molecule has 1 atom stereocenters. The van der Waals surface area contributed by atoms with Crippen molar-refractivity contribution in [3.8, 4) is 0 Å². The predicted octanol–water partition coefficient (Wildman–Crippen LogP) is -0.425. The summed E-state index contributed by atoms with van der Waals surface area (Å²) in [6.45, 7) is 2.60. The monoisotopic (exact) mass is 281 g/mol. The molecule has 8 nitrogen and oxygen atoms in total. The first-order valence-corrected chi connectivity index (χ1v) is 6.59. The first-order valence-electron chi connectivity index (χ1n) is 6.59. The Morgan fingerprint density at radius 1 is 1.60 bits per heavy atom. The van der Waals surface area contributed by atoms with E-state index in [0.29, 0.717) is 12.6 Å². The van der Waals surface area contributed by atoms with Gasteiger partial charge in [-0.15, -0.1) is 5.10 Å². The smallest absolute Gasteiger partial charge is 0.358 e. The molecule has 1 heterocycles. The summed E-state index contributed by atoms with van der Waals surface area (Å²) < 4.78 is 1.22. The van der Waals surface area contributed by atoms with Crippen LogP contribution in [-0.2, 0) is 11.3 Å². The van der Waals surface area contributed by atoms with Gasteiger partial charge in [-0.25, -0.2) is 9.48 Å². The molecular formula is C12H19N5O3. The normalized spacial score (nSPS) is 16.1. The number of nitrogens with zero attached hydrogens (tertiary/aromatic N) is 4. The Morgan fingerprint density at radius 3 is 2.85 bits per heavy atom. The van der Waals surface area contributed by atoms with E-state index in [0.717, 1.165) is 0 Å². The molecule has 1 aromatic heterocycles. The summed E-state index contributed by atoms with van der Waals surface area (Å²) in [5, 5.41) is 18.6. The number of carboxylic acid groups (broad SMARTS) is 1. The van der Waals surface area contributed by atoms with Crippen molar-refractivity contribution < 1.29 is 14.7 Å². The average Bonchev–Trinajstić information content (AvgIpc) is 3.15. The molecule has 8 heteroatoms. The summed E-state index contributed by atoms with van der Waals surface area (Å²) in [4.78, 5) is 24.6. The number of carbonyl (C=O) groups is 2. The number of aromatic nitrogens is 3. The fourth-order valence-corrected chi connectivity index (χ4v) is 1.92.